The number of oxazole rings is 1. The van der Waals surface area contributed by atoms with Crippen LogP contribution in [0.5, 0.6) is 11.5 Å². The van der Waals surface area contributed by atoms with Crippen molar-refractivity contribution in [2.24, 2.45) is 0 Å². The molecule has 2 heterocycles. The van der Waals surface area contributed by atoms with Crippen molar-refractivity contribution in [3.05, 3.63) is 30.5 Å². The lowest BCUT2D eigenvalue weighted by molar-refractivity contribution is 0.394. The molecule has 1 aromatic carbocycles. The zero-order valence-electron chi connectivity index (χ0n) is 11.1. The fraction of sp³-hybridized carbons (Fsp3) is 0.143. The van der Waals surface area contributed by atoms with Gasteiger partial charge in [0.25, 0.3) is 0 Å². The van der Waals surface area contributed by atoms with E-state index in [4.69, 9.17) is 19.6 Å². The average molecular weight is 271 g/mol. The molecule has 20 heavy (non-hydrogen) atoms. The van der Waals surface area contributed by atoms with Gasteiger partial charge in [-0.1, -0.05) is 6.07 Å². The molecule has 0 aliphatic carbocycles. The Kier molecular flexibility index (Phi) is 2.90. The number of methoxy groups -OCH3 is 2. The predicted molar refractivity (Wildman–Crippen MR) is 74.8 cm³/mol. The first-order valence-electron chi connectivity index (χ1n) is 5.96. The van der Waals surface area contributed by atoms with Gasteiger partial charge in [-0.2, -0.15) is 0 Å². The van der Waals surface area contributed by atoms with Crippen molar-refractivity contribution in [3.63, 3.8) is 0 Å². The fourth-order valence-electron chi connectivity index (χ4n) is 2.01. The van der Waals surface area contributed by atoms with Crippen molar-refractivity contribution in [3.8, 4) is 23.0 Å². The van der Waals surface area contributed by atoms with Crippen LogP contribution in [0.2, 0.25) is 0 Å². The second-order valence-electron chi connectivity index (χ2n) is 4.15. The molecule has 0 aliphatic rings. The summed E-state index contributed by atoms with van der Waals surface area (Å²) < 4.78 is 16.3. The molecule has 0 saturated heterocycles. The molecule has 3 rings (SSSR count). The number of anilines is 1. The highest BCUT2D eigenvalue weighted by atomic mass is 16.5. The van der Waals surface area contributed by atoms with Gasteiger partial charge in [0.15, 0.2) is 0 Å². The van der Waals surface area contributed by atoms with E-state index >= 15 is 0 Å². The van der Waals surface area contributed by atoms with Crippen molar-refractivity contribution < 1.29 is 13.9 Å². The fourth-order valence-corrected chi connectivity index (χ4v) is 2.01. The highest BCUT2D eigenvalue weighted by Gasteiger charge is 2.18. The Morgan fingerprint density at radius 1 is 1.15 bits per heavy atom. The monoisotopic (exact) mass is 271 g/mol. The van der Waals surface area contributed by atoms with Gasteiger partial charge in [0.1, 0.15) is 22.6 Å². The maximum atomic E-state index is 5.69. The molecular weight excluding hydrogens is 258 g/mol. The van der Waals surface area contributed by atoms with E-state index in [-0.39, 0.29) is 0 Å². The van der Waals surface area contributed by atoms with Gasteiger partial charge < -0.3 is 19.6 Å². The van der Waals surface area contributed by atoms with E-state index in [1.165, 1.54) is 6.20 Å². The Morgan fingerprint density at radius 3 is 2.50 bits per heavy atom. The molecule has 6 heteroatoms. The molecular formula is C14H13N3O3. The van der Waals surface area contributed by atoms with Crippen LogP contribution >= 0.6 is 0 Å². The average Bonchev–Trinajstić information content (AvgIpc) is 2.88. The lowest BCUT2D eigenvalue weighted by Gasteiger charge is -2.09. The molecule has 2 aromatic heterocycles. The Balaban J connectivity index is 2.24. The third kappa shape index (κ3) is 1.91. The smallest absolute Gasteiger partial charge is 0.247 e. The summed E-state index contributed by atoms with van der Waals surface area (Å²) >= 11 is 0. The number of ether oxygens (including phenoxy) is 2. The normalized spacial score (nSPS) is 10.7. The molecule has 0 spiro atoms. The van der Waals surface area contributed by atoms with E-state index < -0.39 is 0 Å². The first-order valence-corrected chi connectivity index (χ1v) is 5.96. The van der Waals surface area contributed by atoms with Crippen molar-refractivity contribution in [2.45, 2.75) is 0 Å². The topological polar surface area (TPSA) is 83.4 Å². The molecule has 0 atom stereocenters. The van der Waals surface area contributed by atoms with Gasteiger partial charge in [-0.3, -0.25) is 0 Å². The van der Waals surface area contributed by atoms with E-state index in [2.05, 4.69) is 9.97 Å². The maximum absolute atomic E-state index is 5.69. The van der Waals surface area contributed by atoms with Crippen molar-refractivity contribution >= 4 is 16.9 Å². The molecule has 6 nitrogen and oxygen atoms in total. The van der Waals surface area contributed by atoms with Gasteiger partial charge in [0.05, 0.1) is 26.1 Å². The Bertz CT molecular complexity index is 745. The van der Waals surface area contributed by atoms with Crippen LogP contribution in [0.3, 0.4) is 0 Å². The van der Waals surface area contributed by atoms with Crippen molar-refractivity contribution in [2.75, 3.05) is 20.0 Å². The third-order valence-electron chi connectivity index (χ3n) is 2.91. The van der Waals surface area contributed by atoms with Crippen LogP contribution in [0, 0.1) is 0 Å². The number of aromatic nitrogens is 2. The summed E-state index contributed by atoms with van der Waals surface area (Å²) in [6.07, 6.45) is 1.52. The lowest BCUT2D eigenvalue weighted by Crippen LogP contribution is -1.92. The molecule has 3 aromatic rings. The number of hydrogen-bond donors (Lipinski definition) is 1. The number of nitrogens with two attached hydrogens (primary N) is 1. The maximum Gasteiger partial charge on any atom is 0.247 e. The van der Waals surface area contributed by atoms with Crippen LogP contribution in [-0.2, 0) is 0 Å². The third-order valence-corrected chi connectivity index (χ3v) is 2.91. The van der Waals surface area contributed by atoms with E-state index in [0.717, 1.165) is 0 Å². The summed E-state index contributed by atoms with van der Waals surface area (Å²) in [4.78, 5) is 8.49. The summed E-state index contributed by atoms with van der Waals surface area (Å²) in [5, 5.41) is 0. The van der Waals surface area contributed by atoms with Crippen LogP contribution in [-0.4, -0.2) is 24.2 Å². The summed E-state index contributed by atoms with van der Waals surface area (Å²) in [7, 11) is 3.16. The van der Waals surface area contributed by atoms with E-state index in [1.54, 1.807) is 20.3 Å². The van der Waals surface area contributed by atoms with Crippen LogP contribution in [0.25, 0.3) is 22.7 Å². The second kappa shape index (κ2) is 4.73. The number of nitrogens with zero attached hydrogens (tertiary/aromatic N) is 2. The van der Waals surface area contributed by atoms with Gasteiger partial charge in [0, 0.05) is 0 Å². The first kappa shape index (κ1) is 12.3. The van der Waals surface area contributed by atoms with Crippen molar-refractivity contribution in [1.29, 1.82) is 0 Å². The van der Waals surface area contributed by atoms with E-state index in [0.29, 0.717) is 39.9 Å². The minimum absolute atomic E-state index is 0.382. The molecule has 0 fully saturated rings. The van der Waals surface area contributed by atoms with Gasteiger partial charge in [-0.15, -0.1) is 0 Å². The largest absolute Gasteiger partial charge is 0.496 e. The Hall–Kier alpha value is -2.76. The predicted octanol–water partition coefficient (Wildman–Crippen LogP) is 2.49. The number of pyridine rings is 1. The number of rotatable bonds is 3. The van der Waals surface area contributed by atoms with Crippen LogP contribution in [0.4, 0.5) is 5.69 Å². The molecule has 0 amide bonds. The lowest BCUT2D eigenvalue weighted by atomic mass is 10.1. The van der Waals surface area contributed by atoms with Gasteiger partial charge in [-0.05, 0) is 18.2 Å². The quantitative estimate of drug-likeness (QED) is 0.788. The van der Waals surface area contributed by atoms with Gasteiger partial charge in [-0.25, -0.2) is 9.97 Å². The van der Waals surface area contributed by atoms with Crippen molar-refractivity contribution in [1.82, 2.24) is 9.97 Å². The summed E-state index contributed by atoms with van der Waals surface area (Å²) in [5.41, 5.74) is 7.88. The molecule has 0 radical (unpaired) electrons. The number of benzene rings is 1. The first-order chi connectivity index (χ1) is 9.72. The highest BCUT2D eigenvalue weighted by molar-refractivity contribution is 5.79. The summed E-state index contributed by atoms with van der Waals surface area (Å²) in [6, 6.07) is 7.17. The number of fused-ring (bicyclic) bond motifs is 1. The SMILES string of the molecule is COc1cccc(OC)c1-c1nc2cc(N)cnc2o1. The second-order valence-corrected chi connectivity index (χ2v) is 4.15. The molecule has 0 bridgehead atoms. The van der Waals surface area contributed by atoms with Crippen LogP contribution < -0.4 is 15.2 Å². The Morgan fingerprint density at radius 2 is 1.85 bits per heavy atom. The van der Waals surface area contributed by atoms with Crippen LogP contribution in [0.1, 0.15) is 0 Å². The zero-order valence-corrected chi connectivity index (χ0v) is 11.1. The molecule has 0 saturated carbocycles. The summed E-state index contributed by atoms with van der Waals surface area (Å²) in [5.74, 6) is 1.61. The minimum Gasteiger partial charge on any atom is -0.496 e. The van der Waals surface area contributed by atoms with E-state index in [9.17, 15) is 0 Å². The van der Waals surface area contributed by atoms with Gasteiger partial charge >= 0.3 is 0 Å². The zero-order chi connectivity index (χ0) is 14.1. The molecule has 2 N–H and O–H groups in total. The minimum atomic E-state index is 0.382. The highest BCUT2D eigenvalue weighted by Crippen LogP contribution is 2.38. The van der Waals surface area contributed by atoms with Crippen LogP contribution in [0.15, 0.2) is 34.9 Å². The molecule has 102 valence electrons. The number of nitrogen functional groups attached to an aromatic ring is 1. The number of hydrogen-bond acceptors (Lipinski definition) is 6. The Labute approximate surface area is 115 Å². The van der Waals surface area contributed by atoms with E-state index in [1.807, 2.05) is 18.2 Å². The molecule has 0 unspecified atom stereocenters. The summed E-state index contributed by atoms with van der Waals surface area (Å²) in [6.45, 7) is 0. The molecule has 0 aliphatic heterocycles. The van der Waals surface area contributed by atoms with Gasteiger partial charge in [0.2, 0.25) is 11.6 Å². The standard InChI is InChI=1S/C14H13N3O3/c1-18-10-4-3-5-11(19-2)12(10)14-17-9-6-8(15)7-16-13(9)20-14/h3-7H,15H2,1-2H3.